The van der Waals surface area contributed by atoms with Crippen LogP contribution >= 0.6 is 11.6 Å². The Bertz CT molecular complexity index is 2170. The lowest BCUT2D eigenvalue weighted by Crippen LogP contribution is -2.28. The standard InChI is InChI=1S/C36H25ClN2O2/c1-2-23-32(21-11-4-3-5-12-21)38-36(29-20-22(37)19-28-25-14-7-9-18-31(25)41-35(28)29)39-33(23)27-16-10-15-26-24-13-6-8-17-30(24)40-34(26)27/h3-20,23,33H,2H2,1H3. The second-order valence-corrected chi connectivity index (χ2v) is 11.0. The summed E-state index contributed by atoms with van der Waals surface area (Å²) in [7, 11) is 0. The average molecular weight is 553 g/mol. The molecule has 0 N–H and O–H groups in total. The fourth-order valence-corrected chi connectivity index (χ4v) is 6.50. The molecule has 1 aliphatic heterocycles. The van der Waals surface area contributed by atoms with Crippen molar-refractivity contribution >= 4 is 67.0 Å². The number of fused-ring (bicyclic) bond motifs is 6. The molecule has 3 heterocycles. The van der Waals surface area contributed by atoms with Gasteiger partial charge in [0.05, 0.1) is 17.3 Å². The molecule has 7 aromatic rings. The number of hydrogen-bond acceptors (Lipinski definition) is 4. The van der Waals surface area contributed by atoms with Crippen molar-refractivity contribution in [2.75, 3.05) is 0 Å². The average Bonchev–Trinajstić information content (AvgIpc) is 3.59. The van der Waals surface area contributed by atoms with Gasteiger partial charge in [-0.05, 0) is 36.2 Å². The van der Waals surface area contributed by atoms with Crippen molar-refractivity contribution in [2.24, 2.45) is 15.9 Å². The molecule has 1 aliphatic rings. The van der Waals surface area contributed by atoms with Crippen LogP contribution in [0.25, 0.3) is 43.9 Å². The minimum Gasteiger partial charge on any atom is -0.456 e. The molecule has 41 heavy (non-hydrogen) atoms. The molecule has 0 fully saturated rings. The Morgan fingerprint density at radius 1 is 0.683 bits per heavy atom. The summed E-state index contributed by atoms with van der Waals surface area (Å²) in [6.45, 7) is 2.20. The van der Waals surface area contributed by atoms with Crippen LogP contribution in [0.2, 0.25) is 5.02 Å². The SMILES string of the molecule is CCC1C(c2ccccc2)=NC(c2cc(Cl)cc3c2oc2ccccc23)=NC1c1cccc2c1oc1ccccc12. The first-order valence-corrected chi connectivity index (χ1v) is 14.3. The number of benzene rings is 5. The minimum atomic E-state index is -0.217. The van der Waals surface area contributed by atoms with Gasteiger partial charge < -0.3 is 8.83 Å². The second-order valence-electron chi connectivity index (χ2n) is 10.5. The third-order valence-electron chi connectivity index (χ3n) is 8.17. The van der Waals surface area contributed by atoms with Gasteiger partial charge in [0.15, 0.2) is 5.84 Å². The Morgan fingerprint density at radius 2 is 1.34 bits per heavy atom. The predicted molar refractivity (Wildman–Crippen MR) is 168 cm³/mol. The molecule has 0 amide bonds. The number of amidine groups is 1. The molecule has 2 atom stereocenters. The molecule has 4 nitrogen and oxygen atoms in total. The highest BCUT2D eigenvalue weighted by molar-refractivity contribution is 6.33. The Labute approximate surface area is 241 Å². The molecule has 8 rings (SSSR count). The van der Waals surface area contributed by atoms with Crippen molar-refractivity contribution in [3.63, 3.8) is 0 Å². The van der Waals surface area contributed by atoms with Gasteiger partial charge in [0.1, 0.15) is 22.3 Å². The van der Waals surface area contributed by atoms with Crippen molar-refractivity contribution in [1.29, 1.82) is 0 Å². The van der Waals surface area contributed by atoms with Crippen molar-refractivity contribution in [1.82, 2.24) is 0 Å². The van der Waals surface area contributed by atoms with Gasteiger partial charge in [-0.1, -0.05) is 103 Å². The number of rotatable bonds is 4. The summed E-state index contributed by atoms with van der Waals surface area (Å²) in [5.41, 5.74) is 7.21. The topological polar surface area (TPSA) is 51.0 Å². The van der Waals surface area contributed by atoms with E-state index in [1.807, 2.05) is 54.6 Å². The summed E-state index contributed by atoms with van der Waals surface area (Å²) < 4.78 is 12.9. The molecular formula is C36H25ClN2O2. The van der Waals surface area contributed by atoms with E-state index >= 15 is 0 Å². The number of para-hydroxylation sites is 3. The van der Waals surface area contributed by atoms with Crippen LogP contribution in [0.5, 0.6) is 0 Å². The fraction of sp³-hybridized carbons (Fsp3) is 0.111. The molecule has 5 heteroatoms. The van der Waals surface area contributed by atoms with Crippen LogP contribution in [0.15, 0.2) is 128 Å². The van der Waals surface area contributed by atoms with Gasteiger partial charge in [-0.3, -0.25) is 4.99 Å². The molecule has 2 unspecified atom stereocenters. The number of furan rings is 2. The van der Waals surface area contributed by atoms with E-state index in [0.29, 0.717) is 10.9 Å². The van der Waals surface area contributed by atoms with Crippen molar-refractivity contribution < 1.29 is 8.83 Å². The Kier molecular flexibility index (Phi) is 5.58. The van der Waals surface area contributed by atoms with E-state index in [1.165, 1.54) is 0 Å². The lowest BCUT2D eigenvalue weighted by molar-refractivity contribution is 0.527. The summed E-state index contributed by atoms with van der Waals surface area (Å²) in [4.78, 5) is 10.6. The lowest BCUT2D eigenvalue weighted by Gasteiger charge is -2.30. The van der Waals surface area contributed by atoms with Crippen LogP contribution in [0.4, 0.5) is 0 Å². The number of halogens is 1. The molecule has 198 valence electrons. The second kappa shape index (κ2) is 9.46. The van der Waals surface area contributed by atoms with Gasteiger partial charge in [0, 0.05) is 38.0 Å². The summed E-state index contributed by atoms with van der Waals surface area (Å²) >= 11 is 6.73. The predicted octanol–water partition coefficient (Wildman–Crippen LogP) is 10.2. The molecule has 0 bridgehead atoms. The van der Waals surface area contributed by atoms with Crippen LogP contribution in [-0.4, -0.2) is 11.5 Å². The fourth-order valence-electron chi connectivity index (χ4n) is 6.28. The number of hydrogen-bond donors (Lipinski definition) is 0. The van der Waals surface area contributed by atoms with Crippen LogP contribution < -0.4 is 0 Å². The zero-order chi connectivity index (χ0) is 27.5. The van der Waals surface area contributed by atoms with Crippen LogP contribution in [0.1, 0.15) is 36.1 Å². The molecule has 0 aliphatic carbocycles. The largest absolute Gasteiger partial charge is 0.456 e. The van der Waals surface area contributed by atoms with E-state index in [0.717, 1.165) is 72.7 Å². The Balaban J connectivity index is 1.41. The van der Waals surface area contributed by atoms with E-state index < -0.39 is 0 Å². The van der Waals surface area contributed by atoms with Gasteiger partial charge >= 0.3 is 0 Å². The first-order valence-electron chi connectivity index (χ1n) is 13.9. The Morgan fingerprint density at radius 3 is 2.10 bits per heavy atom. The molecule has 0 saturated carbocycles. The molecule has 5 aromatic carbocycles. The van der Waals surface area contributed by atoms with Gasteiger partial charge in [-0.2, -0.15) is 0 Å². The first-order chi connectivity index (χ1) is 20.2. The molecule has 0 saturated heterocycles. The monoisotopic (exact) mass is 552 g/mol. The van der Waals surface area contributed by atoms with Crippen LogP contribution in [-0.2, 0) is 0 Å². The van der Waals surface area contributed by atoms with Gasteiger partial charge in [0.25, 0.3) is 0 Å². The maximum atomic E-state index is 6.73. The van der Waals surface area contributed by atoms with E-state index in [2.05, 4.69) is 61.5 Å². The smallest absolute Gasteiger partial charge is 0.159 e. The van der Waals surface area contributed by atoms with Gasteiger partial charge in [-0.25, -0.2) is 4.99 Å². The summed E-state index contributed by atoms with van der Waals surface area (Å²) in [5, 5.41) is 4.79. The van der Waals surface area contributed by atoms with Crippen LogP contribution in [0.3, 0.4) is 0 Å². The van der Waals surface area contributed by atoms with Crippen molar-refractivity contribution in [2.45, 2.75) is 19.4 Å². The minimum absolute atomic E-state index is 0.0466. The van der Waals surface area contributed by atoms with E-state index in [-0.39, 0.29) is 12.0 Å². The highest BCUT2D eigenvalue weighted by Gasteiger charge is 2.34. The number of nitrogens with zero attached hydrogens (tertiary/aromatic N) is 2. The van der Waals surface area contributed by atoms with Crippen molar-refractivity contribution in [3.05, 3.63) is 131 Å². The maximum Gasteiger partial charge on any atom is 0.159 e. The third kappa shape index (κ3) is 3.82. The van der Waals surface area contributed by atoms with E-state index in [9.17, 15) is 0 Å². The molecular weight excluding hydrogens is 528 g/mol. The summed E-state index contributed by atoms with van der Waals surface area (Å²) in [5.74, 6) is 0.656. The molecule has 0 spiro atoms. The first kappa shape index (κ1) is 24.2. The lowest BCUT2D eigenvalue weighted by atomic mass is 9.82. The summed E-state index contributed by atoms with van der Waals surface area (Å²) in [6.07, 6.45) is 0.862. The van der Waals surface area contributed by atoms with Gasteiger partial charge in [0.2, 0.25) is 0 Å². The Hall–Kier alpha value is -4.67. The quantitative estimate of drug-likeness (QED) is 0.218. The highest BCUT2D eigenvalue weighted by Crippen LogP contribution is 2.42. The molecule has 0 radical (unpaired) electrons. The van der Waals surface area contributed by atoms with Crippen LogP contribution in [0, 0.1) is 5.92 Å². The van der Waals surface area contributed by atoms with E-state index in [1.54, 1.807) is 0 Å². The number of aliphatic imine (C=N–C) groups is 2. The highest BCUT2D eigenvalue weighted by atomic mass is 35.5. The molecule has 2 aromatic heterocycles. The van der Waals surface area contributed by atoms with Gasteiger partial charge in [-0.15, -0.1) is 0 Å². The zero-order valence-corrected chi connectivity index (χ0v) is 23.1. The summed E-state index contributed by atoms with van der Waals surface area (Å²) in [6, 6.07) is 36.6. The third-order valence-corrected chi connectivity index (χ3v) is 8.38. The van der Waals surface area contributed by atoms with Crippen molar-refractivity contribution in [3.8, 4) is 0 Å². The van der Waals surface area contributed by atoms with E-state index in [4.69, 9.17) is 30.4 Å². The maximum absolute atomic E-state index is 6.73. The normalized spacial score (nSPS) is 17.4. The zero-order valence-electron chi connectivity index (χ0n) is 22.3.